The Morgan fingerprint density at radius 3 is 2.67 bits per heavy atom. The van der Waals surface area contributed by atoms with Gasteiger partial charge in [0.25, 0.3) is 0 Å². The smallest absolute Gasteiger partial charge is 0.0667 e. The van der Waals surface area contributed by atoms with Gasteiger partial charge in [-0.1, -0.05) is 13.3 Å². The van der Waals surface area contributed by atoms with Gasteiger partial charge in [0.2, 0.25) is 0 Å². The third kappa shape index (κ3) is 4.91. The van der Waals surface area contributed by atoms with Crippen molar-refractivity contribution in [2.75, 3.05) is 13.6 Å². The average molecular weight is 208 g/mol. The van der Waals surface area contributed by atoms with Gasteiger partial charge >= 0.3 is 0 Å². The molecule has 0 fully saturated rings. The maximum absolute atomic E-state index is 9.64. The molecule has 0 saturated carbocycles. The maximum Gasteiger partial charge on any atom is 0.0667 e. The lowest BCUT2D eigenvalue weighted by Crippen LogP contribution is -2.28. The molecule has 0 aromatic carbocycles. The van der Waals surface area contributed by atoms with Crippen molar-refractivity contribution < 1.29 is 5.11 Å². The van der Waals surface area contributed by atoms with Crippen LogP contribution in [0.2, 0.25) is 0 Å². The quantitative estimate of drug-likeness (QED) is 0.772. The Hall–Kier alpha value is -0.930. The Morgan fingerprint density at radius 2 is 2.07 bits per heavy atom. The van der Waals surface area contributed by atoms with Crippen LogP contribution in [0.25, 0.3) is 0 Å². The van der Waals surface area contributed by atoms with Gasteiger partial charge in [0.1, 0.15) is 0 Å². The summed E-state index contributed by atoms with van der Waals surface area (Å²) in [5.74, 6) is 0. The first kappa shape index (κ1) is 12.1. The number of aliphatic hydroxyl groups excluding tert-OH is 1. The predicted molar refractivity (Wildman–Crippen MR) is 61.5 cm³/mol. The summed E-state index contributed by atoms with van der Waals surface area (Å²) in [7, 11) is 2.03. The molecule has 3 heteroatoms. The third-order valence-corrected chi connectivity index (χ3v) is 2.35. The van der Waals surface area contributed by atoms with E-state index in [1.807, 2.05) is 19.2 Å². The highest BCUT2D eigenvalue weighted by atomic mass is 16.3. The first-order valence-corrected chi connectivity index (χ1v) is 5.48. The van der Waals surface area contributed by atoms with Gasteiger partial charge in [-0.05, 0) is 31.2 Å². The molecular weight excluding hydrogens is 188 g/mol. The molecule has 0 bridgehead atoms. The summed E-state index contributed by atoms with van der Waals surface area (Å²) >= 11 is 0. The molecule has 0 aliphatic rings. The lowest BCUT2D eigenvalue weighted by Gasteiger charge is -2.20. The number of pyridine rings is 1. The highest BCUT2D eigenvalue weighted by molar-refractivity contribution is 5.09. The minimum atomic E-state index is -0.207. The fourth-order valence-corrected chi connectivity index (χ4v) is 1.65. The van der Waals surface area contributed by atoms with Crippen LogP contribution in [0.4, 0.5) is 0 Å². The van der Waals surface area contributed by atoms with Gasteiger partial charge in [0.05, 0.1) is 6.10 Å². The molecule has 0 radical (unpaired) electrons. The van der Waals surface area contributed by atoms with Crippen LogP contribution in [-0.2, 0) is 6.54 Å². The van der Waals surface area contributed by atoms with Crippen LogP contribution in [-0.4, -0.2) is 34.7 Å². The Morgan fingerprint density at radius 1 is 1.40 bits per heavy atom. The first-order chi connectivity index (χ1) is 7.22. The van der Waals surface area contributed by atoms with Crippen LogP contribution in [0.1, 0.15) is 25.3 Å². The normalized spacial score (nSPS) is 13.1. The van der Waals surface area contributed by atoms with Crippen molar-refractivity contribution >= 4 is 0 Å². The van der Waals surface area contributed by atoms with E-state index in [0.717, 1.165) is 25.9 Å². The molecule has 0 saturated heterocycles. The van der Waals surface area contributed by atoms with E-state index in [4.69, 9.17) is 0 Å². The summed E-state index contributed by atoms with van der Waals surface area (Å²) < 4.78 is 0. The number of aliphatic hydroxyl groups is 1. The lowest BCUT2D eigenvalue weighted by atomic mass is 10.2. The first-order valence-electron chi connectivity index (χ1n) is 5.48. The van der Waals surface area contributed by atoms with Gasteiger partial charge < -0.3 is 5.11 Å². The van der Waals surface area contributed by atoms with Crippen LogP contribution >= 0.6 is 0 Å². The number of rotatable bonds is 6. The summed E-state index contributed by atoms with van der Waals surface area (Å²) in [5, 5.41) is 9.64. The average Bonchev–Trinajstić information content (AvgIpc) is 2.19. The van der Waals surface area contributed by atoms with Crippen molar-refractivity contribution in [3.8, 4) is 0 Å². The van der Waals surface area contributed by atoms with Crippen molar-refractivity contribution in [1.29, 1.82) is 0 Å². The number of hydrogen-bond acceptors (Lipinski definition) is 3. The molecule has 1 aromatic rings. The number of hydrogen-bond donors (Lipinski definition) is 1. The van der Waals surface area contributed by atoms with Crippen molar-refractivity contribution in [3.05, 3.63) is 30.1 Å². The molecule has 1 heterocycles. The molecule has 15 heavy (non-hydrogen) atoms. The zero-order valence-electron chi connectivity index (χ0n) is 9.56. The molecule has 1 aromatic heterocycles. The summed E-state index contributed by atoms with van der Waals surface area (Å²) in [5.41, 5.74) is 1.23. The monoisotopic (exact) mass is 208 g/mol. The molecular formula is C12H20N2O. The minimum Gasteiger partial charge on any atom is -0.392 e. The van der Waals surface area contributed by atoms with Gasteiger partial charge in [-0.15, -0.1) is 0 Å². The van der Waals surface area contributed by atoms with Crippen LogP contribution < -0.4 is 0 Å². The molecule has 0 spiro atoms. The second kappa shape index (κ2) is 6.53. The zero-order chi connectivity index (χ0) is 11.1. The van der Waals surface area contributed by atoms with Gasteiger partial charge in [0, 0.05) is 25.5 Å². The van der Waals surface area contributed by atoms with E-state index in [-0.39, 0.29) is 6.10 Å². The second-order valence-corrected chi connectivity index (χ2v) is 3.99. The van der Waals surface area contributed by atoms with E-state index in [1.165, 1.54) is 5.56 Å². The summed E-state index contributed by atoms with van der Waals surface area (Å²) in [4.78, 5) is 6.11. The van der Waals surface area contributed by atoms with Gasteiger partial charge in [-0.25, -0.2) is 0 Å². The Bertz CT molecular complexity index is 264. The zero-order valence-corrected chi connectivity index (χ0v) is 9.56. The molecule has 1 rings (SSSR count). The van der Waals surface area contributed by atoms with E-state index in [0.29, 0.717) is 0 Å². The Balaban J connectivity index is 2.33. The van der Waals surface area contributed by atoms with Gasteiger partial charge in [0.15, 0.2) is 0 Å². The molecule has 84 valence electrons. The fraction of sp³-hybridized carbons (Fsp3) is 0.583. The molecule has 1 unspecified atom stereocenters. The Kier molecular flexibility index (Phi) is 5.29. The standard InChI is InChI=1S/C12H20N2O/c1-3-4-12(15)10-14(2)9-11-5-7-13-8-6-11/h5-8,12,15H,3-4,9-10H2,1-2H3. The molecule has 0 aliphatic heterocycles. The van der Waals surface area contributed by atoms with Crippen molar-refractivity contribution in [3.63, 3.8) is 0 Å². The molecule has 1 N–H and O–H groups in total. The number of nitrogens with zero attached hydrogens (tertiary/aromatic N) is 2. The predicted octanol–water partition coefficient (Wildman–Crippen LogP) is 1.67. The fourth-order valence-electron chi connectivity index (χ4n) is 1.65. The van der Waals surface area contributed by atoms with Gasteiger partial charge in [-0.2, -0.15) is 0 Å². The van der Waals surface area contributed by atoms with E-state index in [2.05, 4.69) is 16.8 Å². The van der Waals surface area contributed by atoms with E-state index >= 15 is 0 Å². The maximum atomic E-state index is 9.64. The topological polar surface area (TPSA) is 36.4 Å². The van der Waals surface area contributed by atoms with Crippen LogP contribution in [0.5, 0.6) is 0 Å². The summed E-state index contributed by atoms with van der Waals surface area (Å²) in [6.45, 7) is 3.69. The second-order valence-electron chi connectivity index (χ2n) is 3.99. The summed E-state index contributed by atoms with van der Waals surface area (Å²) in [6.07, 6.45) is 5.30. The molecule has 3 nitrogen and oxygen atoms in total. The molecule has 1 atom stereocenters. The minimum absolute atomic E-state index is 0.207. The molecule has 0 amide bonds. The van der Waals surface area contributed by atoms with E-state index in [9.17, 15) is 5.11 Å². The molecule has 0 aliphatic carbocycles. The van der Waals surface area contributed by atoms with Crippen molar-refractivity contribution in [1.82, 2.24) is 9.88 Å². The van der Waals surface area contributed by atoms with Gasteiger partial charge in [-0.3, -0.25) is 9.88 Å². The van der Waals surface area contributed by atoms with Crippen LogP contribution in [0, 0.1) is 0 Å². The Labute approximate surface area is 91.8 Å². The van der Waals surface area contributed by atoms with E-state index < -0.39 is 0 Å². The third-order valence-electron chi connectivity index (χ3n) is 2.35. The highest BCUT2D eigenvalue weighted by Crippen LogP contribution is 2.04. The number of likely N-dealkylation sites (N-methyl/N-ethyl adjacent to an activating group) is 1. The van der Waals surface area contributed by atoms with Crippen molar-refractivity contribution in [2.24, 2.45) is 0 Å². The summed E-state index contributed by atoms with van der Waals surface area (Å²) in [6, 6.07) is 4.01. The SMILES string of the molecule is CCCC(O)CN(C)Cc1ccncc1. The van der Waals surface area contributed by atoms with Crippen molar-refractivity contribution in [2.45, 2.75) is 32.4 Å². The number of aromatic nitrogens is 1. The van der Waals surface area contributed by atoms with Crippen LogP contribution in [0.3, 0.4) is 0 Å². The lowest BCUT2D eigenvalue weighted by molar-refractivity contribution is 0.114. The largest absolute Gasteiger partial charge is 0.392 e. The highest BCUT2D eigenvalue weighted by Gasteiger charge is 2.07. The van der Waals surface area contributed by atoms with E-state index in [1.54, 1.807) is 12.4 Å². The van der Waals surface area contributed by atoms with Crippen LogP contribution in [0.15, 0.2) is 24.5 Å².